The Morgan fingerprint density at radius 2 is 1.79 bits per heavy atom. The first-order valence-corrected chi connectivity index (χ1v) is 7.34. The lowest BCUT2D eigenvalue weighted by atomic mass is 9.86. The second kappa shape index (κ2) is 5.27. The van der Waals surface area contributed by atoms with Crippen molar-refractivity contribution in [1.82, 2.24) is 14.5 Å². The highest BCUT2D eigenvalue weighted by atomic mass is 19.2. The Morgan fingerprint density at radius 1 is 1.04 bits per heavy atom. The van der Waals surface area contributed by atoms with Crippen molar-refractivity contribution in [2.75, 3.05) is 0 Å². The lowest BCUT2D eigenvalue weighted by molar-refractivity contribution is 0.391. The molecule has 0 saturated carbocycles. The first-order chi connectivity index (χ1) is 11.4. The molecule has 1 aliphatic heterocycles. The summed E-state index contributed by atoms with van der Waals surface area (Å²) < 4.78 is 55.8. The van der Waals surface area contributed by atoms with Crippen LogP contribution in [0.2, 0.25) is 0 Å². The summed E-state index contributed by atoms with van der Waals surface area (Å²) in [4.78, 5) is 7.92. The van der Waals surface area contributed by atoms with E-state index in [9.17, 15) is 17.6 Å². The number of imidazole rings is 1. The highest BCUT2D eigenvalue weighted by molar-refractivity contribution is 5.75. The molecule has 4 rings (SSSR count). The Kier molecular flexibility index (Phi) is 3.31. The summed E-state index contributed by atoms with van der Waals surface area (Å²) >= 11 is 0. The van der Waals surface area contributed by atoms with E-state index in [0.717, 1.165) is 6.07 Å². The van der Waals surface area contributed by atoms with E-state index in [-0.39, 0.29) is 18.5 Å². The maximum atomic E-state index is 14.1. The molecule has 4 nitrogen and oxygen atoms in total. The number of aromatic nitrogens is 3. The first kappa shape index (κ1) is 15.1. The molecule has 1 aromatic carbocycles. The van der Waals surface area contributed by atoms with Crippen LogP contribution in [-0.4, -0.2) is 20.6 Å². The predicted octanol–water partition coefficient (Wildman–Crippen LogP) is 2.65. The van der Waals surface area contributed by atoms with E-state index in [0.29, 0.717) is 22.9 Å². The molecule has 0 spiro atoms. The molecule has 8 heteroatoms. The van der Waals surface area contributed by atoms with Crippen molar-refractivity contribution < 1.29 is 17.6 Å². The van der Waals surface area contributed by atoms with Gasteiger partial charge in [0, 0.05) is 37.1 Å². The quantitative estimate of drug-likeness (QED) is 0.422. The highest BCUT2D eigenvalue weighted by Crippen LogP contribution is 2.33. The SMILES string of the molecule is N[C@H]1Cn2c(nc3cnc(F)cc32)CC1c1cc(F)c(F)cc1F. The molecular weight excluding hydrogens is 324 g/mol. The van der Waals surface area contributed by atoms with E-state index in [1.807, 2.05) is 0 Å². The first-order valence-electron chi connectivity index (χ1n) is 7.34. The van der Waals surface area contributed by atoms with Gasteiger partial charge in [0.2, 0.25) is 5.95 Å². The molecule has 3 heterocycles. The number of nitrogens with two attached hydrogens (primary N) is 1. The average molecular weight is 336 g/mol. The van der Waals surface area contributed by atoms with Crippen molar-refractivity contribution in [3.05, 3.63) is 59.2 Å². The zero-order chi connectivity index (χ0) is 17.0. The van der Waals surface area contributed by atoms with E-state index >= 15 is 0 Å². The molecule has 0 bridgehead atoms. The number of hydrogen-bond acceptors (Lipinski definition) is 3. The van der Waals surface area contributed by atoms with E-state index in [2.05, 4.69) is 9.97 Å². The number of hydrogen-bond donors (Lipinski definition) is 1. The van der Waals surface area contributed by atoms with Crippen molar-refractivity contribution >= 4 is 11.0 Å². The molecule has 2 atom stereocenters. The van der Waals surface area contributed by atoms with Gasteiger partial charge in [-0.05, 0) is 11.6 Å². The summed E-state index contributed by atoms with van der Waals surface area (Å²) in [6, 6.07) is 2.07. The van der Waals surface area contributed by atoms with Crippen LogP contribution in [0, 0.1) is 23.4 Å². The van der Waals surface area contributed by atoms with Gasteiger partial charge in [0.1, 0.15) is 17.2 Å². The van der Waals surface area contributed by atoms with Gasteiger partial charge < -0.3 is 10.3 Å². The highest BCUT2D eigenvalue weighted by Gasteiger charge is 2.32. The molecule has 0 radical (unpaired) electrons. The summed E-state index contributed by atoms with van der Waals surface area (Å²) in [5.41, 5.74) is 7.21. The molecule has 1 unspecified atom stereocenters. The third kappa shape index (κ3) is 2.25. The minimum absolute atomic E-state index is 0.0176. The number of benzene rings is 1. The van der Waals surface area contributed by atoms with Gasteiger partial charge in [0.15, 0.2) is 11.6 Å². The molecule has 2 N–H and O–H groups in total. The van der Waals surface area contributed by atoms with E-state index in [1.54, 1.807) is 4.57 Å². The number of nitrogens with zero attached hydrogens (tertiary/aromatic N) is 3. The molecule has 0 saturated heterocycles. The van der Waals surface area contributed by atoms with Crippen LogP contribution in [0.3, 0.4) is 0 Å². The minimum Gasteiger partial charge on any atom is -0.326 e. The molecule has 1 aliphatic rings. The summed E-state index contributed by atoms with van der Waals surface area (Å²) in [6.07, 6.45) is 1.55. The molecule has 3 aromatic rings. The predicted molar refractivity (Wildman–Crippen MR) is 78.2 cm³/mol. The fraction of sp³-hybridized carbons (Fsp3) is 0.250. The number of fused-ring (bicyclic) bond motifs is 3. The van der Waals surface area contributed by atoms with Gasteiger partial charge in [-0.2, -0.15) is 4.39 Å². The Hall–Kier alpha value is -2.48. The normalized spacial score (nSPS) is 20.4. The number of rotatable bonds is 1. The van der Waals surface area contributed by atoms with Crippen LogP contribution in [0.25, 0.3) is 11.0 Å². The van der Waals surface area contributed by atoms with Crippen molar-refractivity contribution in [1.29, 1.82) is 0 Å². The molecule has 0 aliphatic carbocycles. The Bertz CT molecular complexity index is 953. The number of pyridine rings is 1. The fourth-order valence-corrected chi connectivity index (χ4v) is 3.26. The van der Waals surface area contributed by atoms with Crippen LogP contribution in [0.5, 0.6) is 0 Å². The van der Waals surface area contributed by atoms with Crippen LogP contribution < -0.4 is 5.73 Å². The maximum absolute atomic E-state index is 14.1. The van der Waals surface area contributed by atoms with Crippen LogP contribution in [0.15, 0.2) is 24.4 Å². The van der Waals surface area contributed by atoms with Gasteiger partial charge in [-0.3, -0.25) is 0 Å². The molecule has 24 heavy (non-hydrogen) atoms. The third-order valence-electron chi connectivity index (χ3n) is 4.43. The summed E-state index contributed by atoms with van der Waals surface area (Å²) in [5.74, 6) is -3.81. The van der Waals surface area contributed by atoms with Gasteiger partial charge in [0.05, 0.1) is 11.7 Å². The Labute approximate surface area is 133 Å². The lowest BCUT2D eigenvalue weighted by Gasteiger charge is -2.30. The summed E-state index contributed by atoms with van der Waals surface area (Å²) in [5, 5.41) is 0. The van der Waals surface area contributed by atoms with Gasteiger partial charge >= 0.3 is 0 Å². The van der Waals surface area contributed by atoms with Gasteiger partial charge in [-0.1, -0.05) is 0 Å². The second-order valence-electron chi connectivity index (χ2n) is 5.90. The summed E-state index contributed by atoms with van der Waals surface area (Å²) in [7, 11) is 0. The molecule has 124 valence electrons. The van der Waals surface area contributed by atoms with E-state index < -0.39 is 35.4 Å². The zero-order valence-corrected chi connectivity index (χ0v) is 12.3. The Balaban J connectivity index is 1.80. The van der Waals surface area contributed by atoms with Crippen LogP contribution >= 0.6 is 0 Å². The van der Waals surface area contributed by atoms with Gasteiger partial charge in [-0.25, -0.2) is 23.1 Å². The summed E-state index contributed by atoms with van der Waals surface area (Å²) in [6.45, 7) is 0.262. The van der Waals surface area contributed by atoms with Gasteiger partial charge in [-0.15, -0.1) is 0 Å². The number of halogens is 4. The zero-order valence-electron chi connectivity index (χ0n) is 12.3. The van der Waals surface area contributed by atoms with Crippen LogP contribution in [0.1, 0.15) is 17.3 Å². The largest absolute Gasteiger partial charge is 0.326 e. The van der Waals surface area contributed by atoms with Crippen LogP contribution in [-0.2, 0) is 13.0 Å². The third-order valence-corrected chi connectivity index (χ3v) is 4.43. The minimum atomic E-state index is -1.24. The van der Waals surface area contributed by atoms with E-state index in [4.69, 9.17) is 5.73 Å². The lowest BCUT2D eigenvalue weighted by Crippen LogP contribution is -2.39. The van der Waals surface area contributed by atoms with Crippen molar-refractivity contribution in [2.45, 2.75) is 24.9 Å². The molecule has 0 amide bonds. The standard InChI is InChI=1S/C16H12F4N4/c17-9-3-11(19)10(18)1-7(9)8-2-16-23-13-5-22-15(20)4-14(13)24(16)6-12(8)21/h1,3-5,8,12H,2,6,21H2/t8?,12-/m0/s1. The molecule has 2 aromatic heterocycles. The van der Waals surface area contributed by atoms with Gasteiger partial charge in [0.25, 0.3) is 0 Å². The van der Waals surface area contributed by atoms with Crippen molar-refractivity contribution in [3.8, 4) is 0 Å². The van der Waals surface area contributed by atoms with Crippen LogP contribution in [0.4, 0.5) is 17.6 Å². The average Bonchev–Trinajstić information content (AvgIpc) is 2.87. The topological polar surface area (TPSA) is 56.7 Å². The monoisotopic (exact) mass is 336 g/mol. The smallest absolute Gasteiger partial charge is 0.215 e. The van der Waals surface area contributed by atoms with Crippen molar-refractivity contribution in [3.63, 3.8) is 0 Å². The molecule has 0 fully saturated rings. The maximum Gasteiger partial charge on any atom is 0.215 e. The van der Waals surface area contributed by atoms with Crippen molar-refractivity contribution in [2.24, 2.45) is 5.73 Å². The molecular formula is C16H12F4N4. The Morgan fingerprint density at radius 3 is 2.58 bits per heavy atom. The fourth-order valence-electron chi connectivity index (χ4n) is 3.26. The van der Waals surface area contributed by atoms with E-state index in [1.165, 1.54) is 12.3 Å². The second-order valence-corrected chi connectivity index (χ2v) is 5.90.